The largest absolute Gasteiger partial charge is 0.381 e. The van der Waals surface area contributed by atoms with Crippen LogP contribution in [0, 0.1) is 17.8 Å². The molecule has 0 atom stereocenters. The molecule has 3 heteroatoms. The average molecular weight is 297 g/mol. The number of terminal acetylenes is 1. The molecule has 116 valence electrons. The molecule has 0 spiro atoms. The predicted molar refractivity (Wildman–Crippen MR) is 86.3 cm³/mol. The van der Waals surface area contributed by atoms with Gasteiger partial charge in [-0.3, -0.25) is 4.79 Å². The number of hydrogen-bond donors (Lipinski definition) is 1. The molecule has 1 amide bonds. The zero-order valence-electron chi connectivity index (χ0n) is 12.9. The Morgan fingerprint density at radius 1 is 1.18 bits per heavy atom. The van der Waals surface area contributed by atoms with Crippen LogP contribution in [0.4, 0.5) is 0 Å². The Balaban J connectivity index is 1.65. The number of carbonyl (C=O) groups is 1. The van der Waals surface area contributed by atoms with Crippen LogP contribution in [0.2, 0.25) is 0 Å². The maximum Gasteiger partial charge on any atom is 0.227 e. The Morgan fingerprint density at radius 3 is 2.45 bits per heavy atom. The first-order valence-corrected chi connectivity index (χ1v) is 8.06. The smallest absolute Gasteiger partial charge is 0.227 e. The van der Waals surface area contributed by atoms with Gasteiger partial charge in [-0.05, 0) is 31.2 Å². The van der Waals surface area contributed by atoms with E-state index < -0.39 is 5.41 Å². The van der Waals surface area contributed by atoms with Crippen LogP contribution in [0.1, 0.15) is 37.7 Å². The third-order valence-corrected chi connectivity index (χ3v) is 5.20. The van der Waals surface area contributed by atoms with Gasteiger partial charge >= 0.3 is 0 Å². The topological polar surface area (TPSA) is 38.3 Å². The molecule has 1 aromatic rings. The SMILES string of the molecule is C#CCC1(C(=O)NCC2(c3ccccc3)CC2)CCOCC1. The Hall–Kier alpha value is -1.79. The Kier molecular flexibility index (Phi) is 4.22. The van der Waals surface area contributed by atoms with E-state index in [1.54, 1.807) is 0 Å². The zero-order chi connectivity index (χ0) is 15.5. The molecule has 1 aliphatic carbocycles. The Labute approximate surface area is 132 Å². The highest BCUT2D eigenvalue weighted by Gasteiger charge is 2.46. The minimum Gasteiger partial charge on any atom is -0.381 e. The molecule has 3 rings (SSSR count). The van der Waals surface area contributed by atoms with Crippen LogP contribution in [0.3, 0.4) is 0 Å². The van der Waals surface area contributed by atoms with Gasteiger partial charge in [-0.25, -0.2) is 0 Å². The lowest BCUT2D eigenvalue weighted by atomic mass is 9.76. The highest BCUT2D eigenvalue weighted by molar-refractivity contribution is 5.83. The minimum absolute atomic E-state index is 0.107. The van der Waals surface area contributed by atoms with Gasteiger partial charge in [0.2, 0.25) is 5.91 Å². The van der Waals surface area contributed by atoms with E-state index in [1.807, 2.05) is 6.07 Å². The molecule has 1 aliphatic heterocycles. The first kappa shape index (κ1) is 15.1. The lowest BCUT2D eigenvalue weighted by Crippen LogP contribution is -2.46. The summed E-state index contributed by atoms with van der Waals surface area (Å²) in [4.78, 5) is 12.8. The molecule has 0 unspecified atom stereocenters. The van der Waals surface area contributed by atoms with E-state index in [0.717, 1.165) is 25.7 Å². The summed E-state index contributed by atoms with van der Waals surface area (Å²) in [7, 11) is 0. The van der Waals surface area contributed by atoms with Crippen molar-refractivity contribution in [1.82, 2.24) is 5.32 Å². The van der Waals surface area contributed by atoms with E-state index in [2.05, 4.69) is 35.5 Å². The first-order chi connectivity index (χ1) is 10.7. The van der Waals surface area contributed by atoms with Gasteiger partial charge in [-0.1, -0.05) is 30.3 Å². The van der Waals surface area contributed by atoms with Gasteiger partial charge in [-0.2, -0.15) is 0 Å². The van der Waals surface area contributed by atoms with E-state index in [0.29, 0.717) is 26.2 Å². The van der Waals surface area contributed by atoms with E-state index in [9.17, 15) is 4.79 Å². The molecule has 1 aromatic carbocycles. The second-order valence-electron chi connectivity index (χ2n) is 6.60. The van der Waals surface area contributed by atoms with E-state index >= 15 is 0 Å². The number of benzene rings is 1. The van der Waals surface area contributed by atoms with Crippen LogP contribution >= 0.6 is 0 Å². The minimum atomic E-state index is -0.431. The molecular formula is C19H23NO2. The highest BCUT2D eigenvalue weighted by atomic mass is 16.5. The van der Waals surface area contributed by atoms with Crippen LogP contribution in [-0.4, -0.2) is 25.7 Å². The summed E-state index contributed by atoms with van der Waals surface area (Å²) in [6, 6.07) is 10.5. The molecule has 0 bridgehead atoms. The fourth-order valence-corrected chi connectivity index (χ4v) is 3.39. The summed E-state index contributed by atoms with van der Waals surface area (Å²) in [6.45, 7) is 1.96. The van der Waals surface area contributed by atoms with Crippen molar-refractivity contribution in [3.63, 3.8) is 0 Å². The van der Waals surface area contributed by atoms with Gasteiger partial charge in [0, 0.05) is 31.6 Å². The Bertz CT molecular complexity index is 563. The van der Waals surface area contributed by atoms with Gasteiger partial charge < -0.3 is 10.1 Å². The van der Waals surface area contributed by atoms with Crippen molar-refractivity contribution in [1.29, 1.82) is 0 Å². The van der Waals surface area contributed by atoms with Gasteiger partial charge in [-0.15, -0.1) is 12.3 Å². The van der Waals surface area contributed by atoms with Crippen molar-refractivity contribution in [2.24, 2.45) is 5.41 Å². The summed E-state index contributed by atoms with van der Waals surface area (Å²) < 4.78 is 5.40. The van der Waals surface area contributed by atoms with Crippen molar-refractivity contribution in [2.45, 2.75) is 37.5 Å². The number of ether oxygens (including phenoxy) is 1. The monoisotopic (exact) mass is 297 g/mol. The maximum absolute atomic E-state index is 12.8. The zero-order valence-corrected chi connectivity index (χ0v) is 12.9. The molecule has 1 N–H and O–H groups in total. The molecule has 1 saturated heterocycles. The van der Waals surface area contributed by atoms with Gasteiger partial charge in [0.15, 0.2) is 0 Å². The van der Waals surface area contributed by atoms with Crippen LogP contribution < -0.4 is 5.32 Å². The normalized spacial score (nSPS) is 21.6. The van der Waals surface area contributed by atoms with Crippen molar-refractivity contribution >= 4 is 5.91 Å². The van der Waals surface area contributed by atoms with Crippen molar-refractivity contribution in [2.75, 3.05) is 19.8 Å². The van der Waals surface area contributed by atoms with E-state index in [-0.39, 0.29) is 11.3 Å². The maximum atomic E-state index is 12.8. The number of nitrogens with one attached hydrogen (secondary N) is 1. The third kappa shape index (κ3) is 2.89. The Morgan fingerprint density at radius 2 is 1.86 bits per heavy atom. The molecule has 2 fully saturated rings. The molecule has 3 nitrogen and oxygen atoms in total. The summed E-state index contributed by atoms with van der Waals surface area (Å²) >= 11 is 0. The summed E-state index contributed by atoms with van der Waals surface area (Å²) in [5.41, 5.74) is 1.03. The summed E-state index contributed by atoms with van der Waals surface area (Å²) in [5, 5.41) is 3.19. The lowest BCUT2D eigenvalue weighted by molar-refractivity contribution is -0.136. The lowest BCUT2D eigenvalue weighted by Gasteiger charge is -2.34. The average Bonchev–Trinajstić information content (AvgIpc) is 3.36. The van der Waals surface area contributed by atoms with Gasteiger partial charge in [0.05, 0.1) is 5.41 Å². The van der Waals surface area contributed by atoms with Gasteiger partial charge in [0.25, 0.3) is 0 Å². The molecule has 22 heavy (non-hydrogen) atoms. The second kappa shape index (κ2) is 6.14. The summed E-state index contributed by atoms with van der Waals surface area (Å²) in [5.74, 6) is 2.79. The molecule has 1 heterocycles. The number of hydrogen-bond acceptors (Lipinski definition) is 2. The fourth-order valence-electron chi connectivity index (χ4n) is 3.39. The predicted octanol–water partition coefficient (Wildman–Crippen LogP) is 2.65. The number of rotatable bonds is 5. The fraction of sp³-hybridized carbons (Fsp3) is 0.526. The van der Waals surface area contributed by atoms with Crippen molar-refractivity contribution in [3.8, 4) is 12.3 Å². The van der Waals surface area contributed by atoms with Crippen molar-refractivity contribution < 1.29 is 9.53 Å². The highest BCUT2D eigenvalue weighted by Crippen LogP contribution is 2.47. The van der Waals surface area contributed by atoms with E-state index in [1.165, 1.54) is 5.56 Å². The van der Waals surface area contributed by atoms with E-state index in [4.69, 9.17) is 11.2 Å². The number of amides is 1. The molecular weight excluding hydrogens is 274 g/mol. The first-order valence-electron chi connectivity index (χ1n) is 8.06. The third-order valence-electron chi connectivity index (χ3n) is 5.20. The van der Waals surface area contributed by atoms with Crippen molar-refractivity contribution in [3.05, 3.63) is 35.9 Å². The molecule has 0 aromatic heterocycles. The standard InChI is InChI=1S/C19H23NO2/c1-2-8-18(11-13-22-14-12-18)17(21)20-15-19(9-10-19)16-6-4-3-5-7-16/h1,3-7H,8-15H2,(H,20,21). The summed E-state index contributed by atoms with van der Waals surface area (Å²) in [6.07, 6.45) is 9.73. The molecule has 1 saturated carbocycles. The number of carbonyl (C=O) groups excluding carboxylic acids is 1. The van der Waals surface area contributed by atoms with Crippen LogP contribution in [-0.2, 0) is 14.9 Å². The quantitative estimate of drug-likeness (QED) is 0.849. The van der Waals surface area contributed by atoms with Crippen LogP contribution in [0.25, 0.3) is 0 Å². The van der Waals surface area contributed by atoms with Gasteiger partial charge in [0.1, 0.15) is 0 Å². The second-order valence-corrected chi connectivity index (χ2v) is 6.60. The van der Waals surface area contributed by atoms with Crippen LogP contribution in [0.15, 0.2) is 30.3 Å². The molecule has 2 aliphatic rings. The molecule has 0 radical (unpaired) electrons. The van der Waals surface area contributed by atoms with Crippen LogP contribution in [0.5, 0.6) is 0 Å².